The number of para-hydroxylation sites is 1. The number of carboxylic acid groups (broad SMARTS) is 1. The van der Waals surface area contributed by atoms with Gasteiger partial charge in [-0.1, -0.05) is 18.2 Å². The fraction of sp³-hybridized carbons (Fsp3) is 0.250. The molecule has 0 fully saturated rings. The van der Waals surface area contributed by atoms with Crippen molar-refractivity contribution in [1.29, 1.82) is 0 Å². The topological polar surface area (TPSA) is 53.1 Å². The molecule has 1 aromatic carbocycles. The van der Waals surface area contributed by atoms with Gasteiger partial charge in [-0.15, -0.1) is 0 Å². The molecule has 0 amide bonds. The molecule has 0 saturated heterocycles. The van der Waals surface area contributed by atoms with Gasteiger partial charge in [0.05, 0.1) is 0 Å². The predicted octanol–water partition coefficient (Wildman–Crippen LogP) is 3.20. The van der Waals surface area contributed by atoms with E-state index < -0.39 is 17.8 Å². The van der Waals surface area contributed by atoms with Crippen LogP contribution in [0, 0.1) is 0 Å². The highest BCUT2D eigenvalue weighted by Crippen LogP contribution is 2.32. The van der Waals surface area contributed by atoms with Crippen LogP contribution in [0.2, 0.25) is 0 Å². The van der Waals surface area contributed by atoms with Crippen molar-refractivity contribution in [3.05, 3.63) is 35.5 Å². The van der Waals surface area contributed by atoms with Crippen molar-refractivity contribution in [2.24, 2.45) is 0 Å². The van der Waals surface area contributed by atoms with Crippen LogP contribution >= 0.6 is 0 Å². The number of hydrogen-bond acceptors (Lipinski definition) is 1. The van der Waals surface area contributed by atoms with E-state index in [0.717, 1.165) is 6.07 Å². The summed E-state index contributed by atoms with van der Waals surface area (Å²) in [6, 6.07) is 5.83. The number of carboxylic acids is 1. The van der Waals surface area contributed by atoms with Gasteiger partial charge in [0.1, 0.15) is 5.69 Å². The van der Waals surface area contributed by atoms with E-state index in [1.165, 1.54) is 0 Å². The van der Waals surface area contributed by atoms with Crippen LogP contribution < -0.4 is 0 Å². The van der Waals surface area contributed by atoms with Gasteiger partial charge in [0.25, 0.3) is 0 Å². The van der Waals surface area contributed by atoms with Crippen molar-refractivity contribution < 1.29 is 23.1 Å². The van der Waals surface area contributed by atoms with Crippen molar-refractivity contribution in [3.8, 4) is 0 Å². The molecule has 0 bridgehead atoms. The molecule has 0 saturated carbocycles. The van der Waals surface area contributed by atoms with Gasteiger partial charge >= 0.3 is 12.1 Å². The van der Waals surface area contributed by atoms with E-state index in [2.05, 4.69) is 4.98 Å². The summed E-state index contributed by atoms with van der Waals surface area (Å²) in [5, 5.41) is 9.03. The summed E-state index contributed by atoms with van der Waals surface area (Å²) in [6.45, 7) is 0. The summed E-state index contributed by atoms with van der Waals surface area (Å²) >= 11 is 0. The van der Waals surface area contributed by atoms with Gasteiger partial charge in [0, 0.05) is 17.3 Å². The van der Waals surface area contributed by atoms with Crippen LogP contribution in [0.3, 0.4) is 0 Å². The first-order chi connectivity index (χ1) is 8.38. The number of H-pyrrole nitrogens is 1. The average Bonchev–Trinajstić information content (AvgIpc) is 2.69. The summed E-state index contributed by atoms with van der Waals surface area (Å²) in [4.78, 5) is 12.8. The van der Waals surface area contributed by atoms with E-state index in [1.807, 2.05) is 0 Å². The highest BCUT2D eigenvalue weighted by molar-refractivity contribution is 5.84. The van der Waals surface area contributed by atoms with Crippen molar-refractivity contribution in [2.75, 3.05) is 0 Å². The van der Waals surface area contributed by atoms with Crippen LogP contribution in [0.15, 0.2) is 24.3 Å². The fourth-order valence-corrected chi connectivity index (χ4v) is 1.82. The van der Waals surface area contributed by atoms with E-state index in [0.29, 0.717) is 16.5 Å². The van der Waals surface area contributed by atoms with Gasteiger partial charge in [0.2, 0.25) is 0 Å². The van der Waals surface area contributed by atoms with E-state index in [4.69, 9.17) is 5.11 Å². The van der Waals surface area contributed by atoms with Gasteiger partial charge < -0.3 is 10.1 Å². The quantitative estimate of drug-likeness (QED) is 0.887. The SMILES string of the molecule is O=C(O)CCc1cccc2cc(C(F)(F)F)[nH]c12. The average molecular weight is 257 g/mol. The molecular weight excluding hydrogens is 247 g/mol. The molecule has 0 aliphatic carbocycles. The molecule has 0 spiro atoms. The maximum absolute atomic E-state index is 12.5. The Kier molecular flexibility index (Phi) is 3.02. The van der Waals surface area contributed by atoms with Crippen molar-refractivity contribution >= 4 is 16.9 Å². The molecule has 0 aliphatic heterocycles. The number of hydrogen-bond donors (Lipinski definition) is 2. The number of rotatable bonds is 3. The molecule has 2 aromatic rings. The predicted molar refractivity (Wildman–Crippen MR) is 59.3 cm³/mol. The van der Waals surface area contributed by atoms with Crippen LogP contribution in [0.25, 0.3) is 10.9 Å². The van der Waals surface area contributed by atoms with Gasteiger partial charge in [-0.05, 0) is 18.1 Å². The van der Waals surface area contributed by atoms with E-state index in [1.54, 1.807) is 18.2 Å². The number of halogens is 3. The Morgan fingerprint density at radius 3 is 2.67 bits per heavy atom. The third-order valence-corrected chi connectivity index (χ3v) is 2.66. The Morgan fingerprint density at radius 2 is 2.06 bits per heavy atom. The lowest BCUT2D eigenvalue weighted by molar-refractivity contribution is -0.140. The summed E-state index contributed by atoms with van der Waals surface area (Å²) in [5.41, 5.74) is 0.108. The number of aromatic amines is 1. The van der Waals surface area contributed by atoms with Crippen LogP contribution in [-0.2, 0) is 17.4 Å². The number of alkyl halides is 3. The molecule has 18 heavy (non-hydrogen) atoms. The highest BCUT2D eigenvalue weighted by atomic mass is 19.4. The van der Waals surface area contributed by atoms with Gasteiger partial charge in [-0.2, -0.15) is 13.2 Å². The zero-order chi connectivity index (χ0) is 13.3. The molecule has 3 nitrogen and oxygen atoms in total. The van der Waals surface area contributed by atoms with Gasteiger partial charge in [0.15, 0.2) is 0 Å². The standard InChI is InChI=1S/C12H10F3NO2/c13-12(14,15)9-6-8-3-1-2-7(11(8)16-9)4-5-10(17)18/h1-3,6,16H,4-5H2,(H,17,18). The Morgan fingerprint density at radius 1 is 1.33 bits per heavy atom. The lowest BCUT2D eigenvalue weighted by atomic mass is 10.1. The monoisotopic (exact) mass is 257 g/mol. The Bertz CT molecular complexity index is 587. The first-order valence-corrected chi connectivity index (χ1v) is 5.27. The zero-order valence-electron chi connectivity index (χ0n) is 9.21. The second-order valence-corrected chi connectivity index (χ2v) is 3.96. The number of benzene rings is 1. The maximum Gasteiger partial charge on any atom is 0.431 e. The van der Waals surface area contributed by atoms with Crippen molar-refractivity contribution in [2.45, 2.75) is 19.0 Å². The van der Waals surface area contributed by atoms with Crippen LogP contribution in [-0.4, -0.2) is 16.1 Å². The summed E-state index contributed by atoms with van der Waals surface area (Å²) in [6.07, 6.45) is -4.34. The molecule has 1 aromatic heterocycles. The molecule has 0 aliphatic rings. The first kappa shape index (κ1) is 12.5. The first-order valence-electron chi connectivity index (χ1n) is 5.27. The van der Waals surface area contributed by atoms with Crippen molar-refractivity contribution in [1.82, 2.24) is 4.98 Å². The second-order valence-electron chi connectivity index (χ2n) is 3.96. The number of carbonyl (C=O) groups is 1. The number of nitrogens with one attached hydrogen (secondary N) is 1. The highest BCUT2D eigenvalue weighted by Gasteiger charge is 2.32. The molecule has 0 unspecified atom stereocenters. The lowest BCUT2D eigenvalue weighted by Crippen LogP contribution is -2.04. The molecule has 0 atom stereocenters. The Labute approximate surface area is 100 Å². The summed E-state index contributed by atoms with van der Waals surface area (Å²) in [7, 11) is 0. The minimum absolute atomic E-state index is 0.112. The number of aliphatic carboxylic acids is 1. The molecule has 0 radical (unpaired) electrons. The summed E-state index contributed by atoms with van der Waals surface area (Å²) < 4.78 is 37.6. The largest absolute Gasteiger partial charge is 0.481 e. The van der Waals surface area contributed by atoms with Crippen molar-refractivity contribution in [3.63, 3.8) is 0 Å². The molecule has 6 heteroatoms. The molecular formula is C12H10F3NO2. The van der Waals surface area contributed by atoms with E-state index in [-0.39, 0.29) is 12.8 Å². The second kappa shape index (κ2) is 4.36. The minimum Gasteiger partial charge on any atom is -0.481 e. The van der Waals surface area contributed by atoms with Crippen LogP contribution in [0.5, 0.6) is 0 Å². The molecule has 96 valence electrons. The minimum atomic E-state index is -4.43. The number of fused-ring (bicyclic) bond motifs is 1. The van der Waals surface area contributed by atoms with Gasteiger partial charge in [-0.25, -0.2) is 0 Å². The summed E-state index contributed by atoms with van der Waals surface area (Å²) in [5.74, 6) is -0.977. The van der Waals surface area contributed by atoms with Gasteiger partial charge in [-0.3, -0.25) is 4.79 Å². The third-order valence-electron chi connectivity index (χ3n) is 2.66. The molecule has 2 rings (SSSR count). The Hall–Kier alpha value is -1.98. The molecule has 1 heterocycles. The zero-order valence-corrected chi connectivity index (χ0v) is 9.21. The molecule has 2 N–H and O–H groups in total. The van der Waals surface area contributed by atoms with Crippen LogP contribution in [0.4, 0.5) is 13.2 Å². The fourth-order valence-electron chi connectivity index (χ4n) is 1.82. The lowest BCUT2D eigenvalue weighted by Gasteiger charge is -2.02. The van der Waals surface area contributed by atoms with E-state index >= 15 is 0 Å². The Balaban J connectivity index is 2.42. The number of aromatic nitrogens is 1. The smallest absolute Gasteiger partial charge is 0.431 e. The third kappa shape index (κ3) is 2.47. The number of aryl methyl sites for hydroxylation is 1. The van der Waals surface area contributed by atoms with E-state index in [9.17, 15) is 18.0 Å². The normalized spacial score (nSPS) is 11.9. The van der Waals surface area contributed by atoms with Crippen LogP contribution in [0.1, 0.15) is 17.7 Å². The maximum atomic E-state index is 12.5.